The molecule has 0 bridgehead atoms. The zero-order valence-corrected chi connectivity index (χ0v) is 17.6. The molecule has 146 valence electrons. The van der Waals surface area contributed by atoms with Gasteiger partial charge in [-0.25, -0.2) is 4.98 Å². The number of rotatable bonds is 6. The van der Waals surface area contributed by atoms with Crippen LogP contribution in [-0.4, -0.2) is 17.4 Å². The fourth-order valence-corrected chi connectivity index (χ4v) is 4.28. The van der Waals surface area contributed by atoms with Crippen molar-refractivity contribution in [1.82, 2.24) is 4.98 Å². The summed E-state index contributed by atoms with van der Waals surface area (Å²) >= 11 is 13.7. The number of aromatic nitrogens is 1. The van der Waals surface area contributed by atoms with Gasteiger partial charge in [0.15, 0.2) is 5.13 Å². The average molecular weight is 442 g/mol. The van der Waals surface area contributed by atoms with Crippen molar-refractivity contribution in [3.63, 3.8) is 0 Å². The first-order valence-corrected chi connectivity index (χ1v) is 10.6. The summed E-state index contributed by atoms with van der Waals surface area (Å²) in [5, 5.41) is 9.88. The van der Waals surface area contributed by atoms with Crippen LogP contribution in [0.5, 0.6) is 0 Å². The van der Waals surface area contributed by atoms with E-state index in [4.69, 9.17) is 23.2 Å². The Morgan fingerprint density at radius 3 is 2.69 bits per heavy atom. The van der Waals surface area contributed by atoms with Crippen LogP contribution in [-0.2, 0) is 11.2 Å². The highest BCUT2D eigenvalue weighted by Gasteiger charge is 2.10. The van der Waals surface area contributed by atoms with Gasteiger partial charge in [-0.1, -0.05) is 71.7 Å². The number of fused-ring (bicyclic) bond motifs is 1. The molecule has 2 N–H and O–H groups in total. The summed E-state index contributed by atoms with van der Waals surface area (Å²) < 4.78 is 0. The average Bonchev–Trinajstić information content (AvgIpc) is 3.16. The molecular formula is C22H17Cl2N3OS. The third-order valence-corrected chi connectivity index (χ3v) is 6.20. The summed E-state index contributed by atoms with van der Waals surface area (Å²) in [6.07, 6.45) is 2.36. The van der Waals surface area contributed by atoms with E-state index in [1.807, 2.05) is 54.6 Å². The van der Waals surface area contributed by atoms with E-state index in [0.717, 1.165) is 26.9 Å². The Hall–Kier alpha value is -2.60. The number of hydrogen-bond acceptors (Lipinski definition) is 4. The lowest BCUT2D eigenvalue weighted by molar-refractivity contribution is -0.114. The Kier molecular flexibility index (Phi) is 6.00. The molecular weight excluding hydrogens is 425 g/mol. The van der Waals surface area contributed by atoms with E-state index in [2.05, 4.69) is 15.6 Å². The topological polar surface area (TPSA) is 54.0 Å². The van der Waals surface area contributed by atoms with E-state index < -0.39 is 0 Å². The van der Waals surface area contributed by atoms with Gasteiger partial charge in [-0.3, -0.25) is 4.79 Å². The zero-order chi connectivity index (χ0) is 20.2. The molecule has 29 heavy (non-hydrogen) atoms. The minimum atomic E-state index is -0.153. The second kappa shape index (κ2) is 8.82. The minimum absolute atomic E-state index is 0.153. The number of thiazole rings is 1. The smallest absolute Gasteiger partial charge is 0.245 e. The van der Waals surface area contributed by atoms with Gasteiger partial charge in [0, 0.05) is 28.6 Å². The molecule has 4 nitrogen and oxygen atoms in total. The number of carbonyl (C=O) groups is 1. The maximum atomic E-state index is 12.3. The highest BCUT2D eigenvalue weighted by atomic mass is 35.5. The van der Waals surface area contributed by atoms with Crippen molar-refractivity contribution in [3.05, 3.63) is 87.3 Å². The summed E-state index contributed by atoms with van der Waals surface area (Å²) in [6.45, 7) is 0.156. The van der Waals surface area contributed by atoms with Gasteiger partial charge in [0.25, 0.3) is 0 Å². The van der Waals surface area contributed by atoms with E-state index in [-0.39, 0.29) is 12.5 Å². The summed E-state index contributed by atoms with van der Waals surface area (Å²) in [7, 11) is 0. The first kappa shape index (κ1) is 19.7. The Balaban J connectivity index is 1.37. The Morgan fingerprint density at radius 2 is 1.79 bits per heavy atom. The lowest BCUT2D eigenvalue weighted by Gasteiger charge is -2.09. The van der Waals surface area contributed by atoms with Crippen molar-refractivity contribution < 1.29 is 4.79 Å². The van der Waals surface area contributed by atoms with E-state index in [1.54, 1.807) is 12.3 Å². The Labute approximate surface area is 182 Å². The van der Waals surface area contributed by atoms with Crippen LogP contribution in [0.3, 0.4) is 0 Å². The first-order valence-electron chi connectivity index (χ1n) is 8.99. The number of hydrogen-bond donors (Lipinski definition) is 2. The van der Waals surface area contributed by atoms with E-state index >= 15 is 0 Å². The van der Waals surface area contributed by atoms with Crippen LogP contribution >= 0.6 is 34.5 Å². The van der Waals surface area contributed by atoms with Gasteiger partial charge in [0.1, 0.15) is 0 Å². The van der Waals surface area contributed by atoms with Crippen molar-refractivity contribution in [2.75, 3.05) is 17.2 Å². The van der Waals surface area contributed by atoms with Crippen LogP contribution in [0.25, 0.3) is 10.8 Å². The first-order chi connectivity index (χ1) is 14.1. The molecule has 7 heteroatoms. The van der Waals surface area contributed by atoms with Gasteiger partial charge in [0.05, 0.1) is 16.6 Å². The number of nitrogens with one attached hydrogen (secondary N) is 2. The Morgan fingerprint density at radius 1 is 1.00 bits per heavy atom. The molecule has 1 heterocycles. The molecule has 4 aromatic rings. The highest BCUT2D eigenvalue weighted by molar-refractivity contribution is 7.15. The molecule has 0 fully saturated rings. The predicted octanol–water partition coefficient (Wildman–Crippen LogP) is 6.24. The molecule has 0 aliphatic rings. The predicted molar refractivity (Wildman–Crippen MR) is 122 cm³/mol. The maximum Gasteiger partial charge on any atom is 0.245 e. The van der Waals surface area contributed by atoms with Crippen molar-refractivity contribution >= 4 is 62.0 Å². The number of carbonyl (C=O) groups excluding carboxylic acids is 1. The summed E-state index contributed by atoms with van der Waals surface area (Å²) in [6, 6.07) is 19.6. The molecule has 0 atom stereocenters. The molecule has 0 spiro atoms. The molecule has 0 aliphatic carbocycles. The van der Waals surface area contributed by atoms with Crippen LogP contribution in [0.15, 0.2) is 66.9 Å². The van der Waals surface area contributed by atoms with Crippen molar-refractivity contribution in [2.24, 2.45) is 0 Å². The fraction of sp³-hybridized carbons (Fsp3) is 0.0909. The molecule has 1 aromatic heterocycles. The number of amides is 1. The van der Waals surface area contributed by atoms with Crippen LogP contribution < -0.4 is 10.6 Å². The summed E-state index contributed by atoms with van der Waals surface area (Å²) in [5.41, 5.74) is 1.85. The highest BCUT2D eigenvalue weighted by Crippen LogP contribution is 2.29. The van der Waals surface area contributed by atoms with Crippen molar-refractivity contribution in [3.8, 4) is 0 Å². The van der Waals surface area contributed by atoms with E-state index in [1.165, 1.54) is 11.3 Å². The second-order valence-electron chi connectivity index (χ2n) is 6.45. The van der Waals surface area contributed by atoms with Crippen molar-refractivity contribution in [1.29, 1.82) is 0 Å². The normalized spacial score (nSPS) is 10.8. The van der Waals surface area contributed by atoms with Crippen molar-refractivity contribution in [2.45, 2.75) is 6.42 Å². The molecule has 0 saturated carbocycles. The van der Waals surface area contributed by atoms with Crippen LogP contribution in [0.4, 0.5) is 10.8 Å². The second-order valence-corrected chi connectivity index (χ2v) is 8.35. The summed E-state index contributed by atoms with van der Waals surface area (Å²) in [5.74, 6) is -0.153. The molecule has 1 amide bonds. The third-order valence-electron chi connectivity index (χ3n) is 4.43. The number of anilines is 2. The number of halogens is 2. The number of benzene rings is 3. The van der Waals surface area contributed by atoms with Gasteiger partial charge >= 0.3 is 0 Å². The van der Waals surface area contributed by atoms with E-state index in [0.29, 0.717) is 21.6 Å². The zero-order valence-electron chi connectivity index (χ0n) is 15.3. The van der Waals surface area contributed by atoms with Crippen LogP contribution in [0.2, 0.25) is 10.0 Å². The lowest BCUT2D eigenvalue weighted by Crippen LogP contribution is -2.21. The molecule has 0 aliphatic heterocycles. The molecule has 4 rings (SSSR count). The van der Waals surface area contributed by atoms with Gasteiger partial charge in [-0.05, 0) is 23.1 Å². The van der Waals surface area contributed by atoms with Crippen LogP contribution in [0.1, 0.15) is 10.4 Å². The Bertz CT molecular complexity index is 1170. The van der Waals surface area contributed by atoms with Gasteiger partial charge in [-0.2, -0.15) is 0 Å². The molecule has 0 unspecified atom stereocenters. The monoisotopic (exact) mass is 441 g/mol. The van der Waals surface area contributed by atoms with Gasteiger partial charge in [-0.15, -0.1) is 11.3 Å². The number of nitrogens with zero attached hydrogens (tertiary/aromatic N) is 1. The fourth-order valence-electron chi connectivity index (χ4n) is 3.04. The quantitative estimate of drug-likeness (QED) is 0.371. The standard InChI is InChI=1S/C22H17Cl2N3OS/c23-18-9-3-7-15(21(18)24)11-16-12-26-22(29-16)27-20(28)13-25-19-10-4-6-14-5-1-2-8-17(14)19/h1-10,12,25H,11,13H2,(H,26,27,28). The SMILES string of the molecule is O=C(CNc1cccc2ccccc12)Nc1ncc(Cc2cccc(Cl)c2Cl)s1. The van der Waals surface area contributed by atoms with E-state index in [9.17, 15) is 4.79 Å². The van der Waals surface area contributed by atoms with Crippen LogP contribution in [0, 0.1) is 0 Å². The largest absolute Gasteiger partial charge is 0.376 e. The minimum Gasteiger partial charge on any atom is -0.376 e. The molecule has 0 saturated heterocycles. The summed E-state index contributed by atoms with van der Waals surface area (Å²) in [4.78, 5) is 17.6. The van der Waals surface area contributed by atoms with Gasteiger partial charge in [0.2, 0.25) is 5.91 Å². The molecule has 0 radical (unpaired) electrons. The van der Waals surface area contributed by atoms with Gasteiger partial charge < -0.3 is 10.6 Å². The third kappa shape index (κ3) is 4.70. The molecule has 3 aromatic carbocycles. The lowest BCUT2D eigenvalue weighted by atomic mass is 10.1. The maximum absolute atomic E-state index is 12.3.